The minimum atomic E-state index is -0.486. The quantitative estimate of drug-likeness (QED) is 0.501. The fraction of sp³-hybridized carbons (Fsp3) is 0.609. The lowest BCUT2D eigenvalue weighted by Crippen LogP contribution is -2.25. The summed E-state index contributed by atoms with van der Waals surface area (Å²) in [6, 6.07) is 7.76. The molecule has 1 fully saturated rings. The topological polar surface area (TPSA) is 70.8 Å². The lowest BCUT2D eigenvalue weighted by Gasteiger charge is -2.38. The molecule has 5 heteroatoms. The predicted octanol–water partition coefficient (Wildman–Crippen LogP) is 5.01. The van der Waals surface area contributed by atoms with Gasteiger partial charge in [0.15, 0.2) is 0 Å². The number of hydrogen-bond donors (Lipinski definition) is 1. The molecule has 0 aromatic heterocycles. The van der Waals surface area contributed by atoms with E-state index < -0.39 is 5.97 Å². The Balaban J connectivity index is 1.58. The maximum absolute atomic E-state index is 11.5. The van der Waals surface area contributed by atoms with E-state index in [4.69, 9.17) is 15.4 Å². The molecule has 28 heavy (non-hydrogen) atoms. The van der Waals surface area contributed by atoms with Gasteiger partial charge in [-0.3, -0.25) is 4.79 Å². The Morgan fingerprint density at radius 1 is 1.11 bits per heavy atom. The van der Waals surface area contributed by atoms with Crippen LogP contribution in [0.1, 0.15) is 76.4 Å². The van der Waals surface area contributed by atoms with Crippen LogP contribution in [-0.2, 0) is 14.4 Å². The highest BCUT2D eigenvalue weighted by molar-refractivity contribution is 5.69. The van der Waals surface area contributed by atoms with Crippen LogP contribution in [0.5, 0.6) is 5.75 Å². The van der Waals surface area contributed by atoms with E-state index >= 15 is 0 Å². The number of rotatable bonds is 8. The largest absolute Gasteiger partial charge is 0.489 e. The minimum absolute atomic E-state index is 0.0967. The van der Waals surface area contributed by atoms with E-state index in [-0.39, 0.29) is 12.5 Å². The maximum Gasteiger partial charge on any atom is 0.327 e. The third-order valence-corrected chi connectivity index (χ3v) is 6.06. The van der Waals surface area contributed by atoms with Crippen LogP contribution in [0.4, 0.5) is 0 Å². The summed E-state index contributed by atoms with van der Waals surface area (Å²) in [7, 11) is 0. The van der Waals surface area contributed by atoms with Crippen molar-refractivity contribution in [2.75, 3.05) is 13.2 Å². The van der Waals surface area contributed by atoms with Gasteiger partial charge in [0.05, 0.1) is 12.5 Å². The number of carbonyl (C=O) groups excluding carboxylic acids is 1. The van der Waals surface area contributed by atoms with Crippen molar-refractivity contribution in [1.82, 2.24) is 0 Å². The third-order valence-electron chi connectivity index (χ3n) is 6.06. The zero-order valence-corrected chi connectivity index (χ0v) is 17.0. The van der Waals surface area contributed by atoms with Crippen molar-refractivity contribution >= 4 is 5.97 Å². The first-order valence-corrected chi connectivity index (χ1v) is 10.6. The second-order valence-corrected chi connectivity index (χ2v) is 8.07. The molecule has 2 aliphatic rings. The fourth-order valence-corrected chi connectivity index (χ4v) is 4.64. The molecule has 0 amide bonds. The molecular weight excluding hydrogens is 354 g/mol. The van der Waals surface area contributed by atoms with E-state index in [1.807, 2.05) is 31.2 Å². The second-order valence-electron chi connectivity index (χ2n) is 8.07. The van der Waals surface area contributed by atoms with E-state index in [0.29, 0.717) is 18.6 Å². The average molecular weight is 388 g/mol. The summed E-state index contributed by atoms with van der Waals surface area (Å²) >= 11 is 0. The zero-order chi connectivity index (χ0) is 19.8. The summed E-state index contributed by atoms with van der Waals surface area (Å²) in [5.74, 6) is 5.30. The SMILES string of the molecule is CCOC(CC(=O)ON)c1ccc(OCC2=CC3(CCCCC3)CCC2)cc1. The van der Waals surface area contributed by atoms with Gasteiger partial charge in [-0.1, -0.05) is 37.5 Å². The monoisotopic (exact) mass is 387 g/mol. The zero-order valence-electron chi connectivity index (χ0n) is 17.0. The molecule has 2 aliphatic carbocycles. The fourth-order valence-electron chi connectivity index (χ4n) is 4.64. The summed E-state index contributed by atoms with van der Waals surface area (Å²) in [5.41, 5.74) is 2.80. The van der Waals surface area contributed by atoms with Crippen molar-refractivity contribution in [3.8, 4) is 5.75 Å². The molecule has 1 aromatic rings. The van der Waals surface area contributed by atoms with Crippen molar-refractivity contribution in [2.24, 2.45) is 11.3 Å². The molecule has 5 nitrogen and oxygen atoms in total. The second kappa shape index (κ2) is 10.1. The van der Waals surface area contributed by atoms with Gasteiger partial charge in [0.25, 0.3) is 0 Å². The van der Waals surface area contributed by atoms with Gasteiger partial charge in [-0.05, 0) is 67.7 Å². The summed E-state index contributed by atoms with van der Waals surface area (Å²) in [6.45, 7) is 3.07. The summed E-state index contributed by atoms with van der Waals surface area (Å²) in [4.78, 5) is 15.8. The Labute approximate surface area is 168 Å². The average Bonchev–Trinajstić information content (AvgIpc) is 2.73. The lowest BCUT2D eigenvalue weighted by molar-refractivity contribution is -0.147. The van der Waals surface area contributed by atoms with Crippen molar-refractivity contribution in [3.63, 3.8) is 0 Å². The van der Waals surface area contributed by atoms with Crippen LogP contribution in [0.3, 0.4) is 0 Å². The molecule has 3 rings (SSSR count). The maximum atomic E-state index is 11.5. The van der Waals surface area contributed by atoms with E-state index in [1.54, 1.807) is 0 Å². The number of hydrogen-bond acceptors (Lipinski definition) is 5. The van der Waals surface area contributed by atoms with Crippen molar-refractivity contribution in [2.45, 2.75) is 70.8 Å². The van der Waals surface area contributed by atoms with Crippen LogP contribution in [0.2, 0.25) is 0 Å². The Morgan fingerprint density at radius 3 is 2.50 bits per heavy atom. The van der Waals surface area contributed by atoms with E-state index in [1.165, 1.54) is 50.5 Å². The standard InChI is InChI=1S/C23H33NO4/c1-2-26-21(15-22(25)28-24)19-8-10-20(11-9-19)27-17-18-7-6-14-23(16-18)12-4-3-5-13-23/h8-11,16,21H,2-7,12-15,17,24H2,1H3. The molecule has 1 atom stereocenters. The van der Waals surface area contributed by atoms with Gasteiger partial charge in [0, 0.05) is 6.61 Å². The number of benzene rings is 1. The molecule has 1 aromatic carbocycles. The number of allylic oxidation sites excluding steroid dienone is 1. The first kappa shape index (κ1) is 20.9. The number of carbonyl (C=O) groups is 1. The van der Waals surface area contributed by atoms with Gasteiger partial charge < -0.3 is 14.3 Å². The minimum Gasteiger partial charge on any atom is -0.489 e. The first-order valence-electron chi connectivity index (χ1n) is 10.6. The van der Waals surface area contributed by atoms with Gasteiger partial charge in [-0.2, -0.15) is 5.90 Å². The summed E-state index contributed by atoms with van der Waals surface area (Å²) in [6.07, 6.45) is 12.8. The Kier molecular flexibility index (Phi) is 7.51. The molecule has 1 unspecified atom stereocenters. The Morgan fingerprint density at radius 2 is 1.82 bits per heavy atom. The number of nitrogens with two attached hydrogens (primary N) is 1. The van der Waals surface area contributed by atoms with Crippen molar-refractivity contribution in [3.05, 3.63) is 41.5 Å². The van der Waals surface area contributed by atoms with Gasteiger partial charge in [0.2, 0.25) is 0 Å². The molecule has 0 radical (unpaired) electrons. The summed E-state index contributed by atoms with van der Waals surface area (Å²) < 4.78 is 11.7. The number of ether oxygens (including phenoxy) is 2. The van der Waals surface area contributed by atoms with Crippen molar-refractivity contribution < 1.29 is 19.1 Å². The van der Waals surface area contributed by atoms with Gasteiger partial charge >= 0.3 is 5.97 Å². The van der Waals surface area contributed by atoms with Gasteiger partial charge in [0.1, 0.15) is 12.4 Å². The van der Waals surface area contributed by atoms with Crippen LogP contribution in [0.15, 0.2) is 35.9 Å². The highest BCUT2D eigenvalue weighted by Gasteiger charge is 2.32. The predicted molar refractivity (Wildman–Crippen MR) is 109 cm³/mol. The molecule has 1 spiro atoms. The first-order chi connectivity index (χ1) is 13.6. The van der Waals surface area contributed by atoms with E-state index in [9.17, 15) is 4.79 Å². The van der Waals surface area contributed by atoms with Gasteiger partial charge in [-0.15, -0.1) is 0 Å². The van der Waals surface area contributed by atoms with Crippen LogP contribution in [0.25, 0.3) is 0 Å². The van der Waals surface area contributed by atoms with Crippen LogP contribution in [-0.4, -0.2) is 19.2 Å². The molecular formula is C23H33NO4. The lowest BCUT2D eigenvalue weighted by atomic mass is 9.67. The molecule has 0 bridgehead atoms. The Bertz CT molecular complexity index is 662. The highest BCUT2D eigenvalue weighted by Crippen LogP contribution is 2.45. The summed E-state index contributed by atoms with van der Waals surface area (Å²) in [5, 5.41) is 0. The smallest absolute Gasteiger partial charge is 0.327 e. The van der Waals surface area contributed by atoms with E-state index in [0.717, 1.165) is 17.7 Å². The van der Waals surface area contributed by atoms with Crippen LogP contribution < -0.4 is 10.6 Å². The van der Waals surface area contributed by atoms with Crippen LogP contribution >= 0.6 is 0 Å². The normalized spacial score (nSPS) is 19.7. The van der Waals surface area contributed by atoms with Crippen molar-refractivity contribution in [1.29, 1.82) is 0 Å². The highest BCUT2D eigenvalue weighted by atomic mass is 16.7. The molecule has 154 valence electrons. The molecule has 1 saturated carbocycles. The van der Waals surface area contributed by atoms with Gasteiger partial charge in [-0.25, -0.2) is 0 Å². The molecule has 0 aliphatic heterocycles. The Hall–Kier alpha value is -1.85. The van der Waals surface area contributed by atoms with Crippen LogP contribution in [0, 0.1) is 5.41 Å². The molecule has 0 heterocycles. The molecule has 0 saturated heterocycles. The molecule has 2 N–H and O–H groups in total. The third kappa shape index (κ3) is 5.58. The van der Waals surface area contributed by atoms with E-state index in [2.05, 4.69) is 10.9 Å².